The van der Waals surface area contributed by atoms with Crippen molar-refractivity contribution in [2.24, 2.45) is 0 Å². The van der Waals surface area contributed by atoms with Crippen molar-refractivity contribution < 1.29 is 13.9 Å². The van der Waals surface area contributed by atoms with Crippen LogP contribution < -0.4 is 4.90 Å². The second-order valence-corrected chi connectivity index (χ2v) is 10.1. The van der Waals surface area contributed by atoms with Gasteiger partial charge < -0.3 is 4.74 Å². The SMILES string of the molecule is Cc1ccc2sc(N(CCN3CCOCC3)C(=O)CCSc3ccc(F)cc3)nc2c1C.Cl. The van der Waals surface area contributed by atoms with Crippen molar-refractivity contribution in [1.82, 2.24) is 9.88 Å². The molecule has 0 saturated carbocycles. The Morgan fingerprint density at radius 2 is 1.91 bits per heavy atom. The van der Waals surface area contributed by atoms with Gasteiger partial charge in [0.1, 0.15) is 5.82 Å². The van der Waals surface area contributed by atoms with Gasteiger partial charge in [0.2, 0.25) is 5.91 Å². The maximum Gasteiger partial charge on any atom is 0.229 e. The number of benzene rings is 2. The first-order valence-electron chi connectivity index (χ1n) is 10.9. The Balaban J connectivity index is 0.00000306. The summed E-state index contributed by atoms with van der Waals surface area (Å²) in [6.45, 7) is 8.83. The molecule has 1 saturated heterocycles. The van der Waals surface area contributed by atoms with E-state index < -0.39 is 0 Å². The van der Waals surface area contributed by atoms with E-state index in [1.165, 1.54) is 17.7 Å². The van der Waals surface area contributed by atoms with Crippen LogP contribution in [0.15, 0.2) is 41.3 Å². The van der Waals surface area contributed by atoms with E-state index in [0.717, 1.165) is 58.7 Å². The standard InChI is InChI=1S/C24H28FN3O2S2.ClH/c1-17-3-8-21-23(18(17)2)26-24(32-21)28(11-10-27-12-14-30-15-13-27)22(29)9-16-31-20-6-4-19(25)5-7-20;/h3-8H,9-16H2,1-2H3;1H. The van der Waals surface area contributed by atoms with Crippen LogP contribution in [-0.2, 0) is 9.53 Å². The van der Waals surface area contributed by atoms with Crippen molar-refractivity contribution in [3.05, 3.63) is 53.3 Å². The molecule has 1 aliphatic rings. The average molecular weight is 510 g/mol. The van der Waals surface area contributed by atoms with E-state index in [1.54, 1.807) is 35.2 Å². The zero-order valence-electron chi connectivity index (χ0n) is 18.9. The summed E-state index contributed by atoms with van der Waals surface area (Å²) in [6.07, 6.45) is 0.402. The number of hydrogen-bond donors (Lipinski definition) is 0. The zero-order chi connectivity index (χ0) is 22.5. The molecule has 2 heterocycles. The van der Waals surface area contributed by atoms with Gasteiger partial charge in [-0.3, -0.25) is 14.6 Å². The summed E-state index contributed by atoms with van der Waals surface area (Å²) in [6, 6.07) is 10.6. The number of thioether (sulfide) groups is 1. The molecule has 4 rings (SSSR count). The molecule has 1 fully saturated rings. The average Bonchev–Trinajstić information content (AvgIpc) is 3.23. The number of nitrogens with zero attached hydrogens (tertiary/aromatic N) is 3. The highest BCUT2D eigenvalue weighted by Gasteiger charge is 2.22. The molecule has 1 aliphatic heterocycles. The zero-order valence-corrected chi connectivity index (χ0v) is 21.3. The molecule has 0 N–H and O–H groups in total. The quantitative estimate of drug-likeness (QED) is 0.384. The Hall–Kier alpha value is -1.71. The van der Waals surface area contributed by atoms with Gasteiger partial charge in [0.25, 0.3) is 0 Å². The molecule has 0 spiro atoms. The molecule has 0 bridgehead atoms. The third kappa shape index (κ3) is 6.67. The number of fused-ring (bicyclic) bond motifs is 1. The number of aromatic nitrogens is 1. The van der Waals surface area contributed by atoms with E-state index in [1.807, 2.05) is 4.90 Å². The number of ether oxygens (including phenoxy) is 1. The molecule has 0 unspecified atom stereocenters. The van der Waals surface area contributed by atoms with E-state index in [4.69, 9.17) is 9.72 Å². The Morgan fingerprint density at radius 3 is 2.64 bits per heavy atom. The minimum absolute atomic E-state index is 0. The number of carbonyl (C=O) groups is 1. The molecule has 9 heteroatoms. The summed E-state index contributed by atoms with van der Waals surface area (Å²) >= 11 is 3.14. The lowest BCUT2D eigenvalue weighted by molar-refractivity contribution is -0.118. The number of amides is 1. The van der Waals surface area contributed by atoms with Crippen molar-refractivity contribution in [3.8, 4) is 0 Å². The first-order valence-corrected chi connectivity index (χ1v) is 12.7. The highest BCUT2D eigenvalue weighted by Crippen LogP contribution is 2.32. The molecule has 1 aromatic heterocycles. The van der Waals surface area contributed by atoms with Gasteiger partial charge in [0, 0.05) is 43.2 Å². The normalized spacial score (nSPS) is 14.3. The van der Waals surface area contributed by atoms with Gasteiger partial charge in [-0.25, -0.2) is 9.37 Å². The van der Waals surface area contributed by atoms with Crippen LogP contribution in [-0.4, -0.2) is 60.9 Å². The number of halogens is 2. The molecule has 33 heavy (non-hydrogen) atoms. The summed E-state index contributed by atoms with van der Waals surface area (Å²) in [7, 11) is 0. The first-order chi connectivity index (χ1) is 15.5. The van der Waals surface area contributed by atoms with Crippen molar-refractivity contribution in [2.45, 2.75) is 25.2 Å². The van der Waals surface area contributed by atoms with E-state index in [2.05, 4.69) is 30.9 Å². The monoisotopic (exact) mass is 509 g/mol. The largest absolute Gasteiger partial charge is 0.379 e. The number of thiazole rings is 1. The predicted molar refractivity (Wildman–Crippen MR) is 138 cm³/mol. The van der Waals surface area contributed by atoms with Crippen LogP contribution in [0.25, 0.3) is 10.2 Å². The van der Waals surface area contributed by atoms with Crippen LogP contribution in [0.5, 0.6) is 0 Å². The molecule has 0 atom stereocenters. The van der Waals surface area contributed by atoms with Crippen LogP contribution in [0.4, 0.5) is 9.52 Å². The molecule has 1 amide bonds. The number of hydrogen-bond acceptors (Lipinski definition) is 6. The van der Waals surface area contributed by atoms with Gasteiger partial charge in [0.15, 0.2) is 5.13 Å². The predicted octanol–water partition coefficient (Wildman–Crippen LogP) is 5.32. The van der Waals surface area contributed by atoms with Crippen molar-refractivity contribution in [1.29, 1.82) is 0 Å². The number of aryl methyl sites for hydroxylation is 2. The van der Waals surface area contributed by atoms with Gasteiger partial charge in [-0.05, 0) is 55.3 Å². The van der Waals surface area contributed by atoms with Crippen LogP contribution >= 0.6 is 35.5 Å². The summed E-state index contributed by atoms with van der Waals surface area (Å²) in [5.41, 5.74) is 3.35. The summed E-state index contributed by atoms with van der Waals surface area (Å²) in [5.74, 6) is 0.462. The van der Waals surface area contributed by atoms with Crippen molar-refractivity contribution in [3.63, 3.8) is 0 Å². The maximum absolute atomic E-state index is 13.3. The van der Waals surface area contributed by atoms with Crippen LogP contribution in [0.1, 0.15) is 17.5 Å². The summed E-state index contributed by atoms with van der Waals surface area (Å²) in [5, 5.41) is 0.763. The highest BCUT2D eigenvalue weighted by atomic mass is 35.5. The minimum Gasteiger partial charge on any atom is -0.379 e. The van der Waals surface area contributed by atoms with Crippen molar-refractivity contribution in [2.75, 3.05) is 50.0 Å². The van der Waals surface area contributed by atoms with E-state index >= 15 is 0 Å². The fourth-order valence-electron chi connectivity index (χ4n) is 3.64. The maximum atomic E-state index is 13.3. The van der Waals surface area contributed by atoms with E-state index in [-0.39, 0.29) is 24.1 Å². The number of morpholine rings is 1. The molecule has 2 aromatic carbocycles. The summed E-state index contributed by atoms with van der Waals surface area (Å²) in [4.78, 5) is 23.3. The topological polar surface area (TPSA) is 45.7 Å². The smallest absolute Gasteiger partial charge is 0.229 e. The fraction of sp³-hybridized carbons (Fsp3) is 0.417. The Morgan fingerprint density at radius 1 is 1.18 bits per heavy atom. The molecule has 178 valence electrons. The molecule has 0 radical (unpaired) electrons. The van der Waals surface area contributed by atoms with Crippen LogP contribution in [0.3, 0.4) is 0 Å². The fourth-order valence-corrected chi connectivity index (χ4v) is 5.55. The van der Waals surface area contributed by atoms with Crippen molar-refractivity contribution >= 4 is 56.8 Å². The van der Waals surface area contributed by atoms with Gasteiger partial charge in [-0.1, -0.05) is 17.4 Å². The van der Waals surface area contributed by atoms with Crippen LogP contribution in [0.2, 0.25) is 0 Å². The lowest BCUT2D eigenvalue weighted by Gasteiger charge is -2.29. The van der Waals surface area contributed by atoms with Gasteiger partial charge in [-0.15, -0.1) is 24.2 Å². The van der Waals surface area contributed by atoms with Crippen LogP contribution in [0, 0.1) is 19.7 Å². The second kappa shape index (κ2) is 12.1. The summed E-state index contributed by atoms with van der Waals surface area (Å²) < 4.78 is 19.7. The first kappa shape index (κ1) is 25.9. The lowest BCUT2D eigenvalue weighted by atomic mass is 10.1. The molecule has 5 nitrogen and oxygen atoms in total. The minimum atomic E-state index is -0.249. The number of anilines is 1. The van der Waals surface area contributed by atoms with E-state index in [0.29, 0.717) is 18.7 Å². The number of rotatable bonds is 8. The molecular formula is C24H29ClFN3O2S2. The lowest BCUT2D eigenvalue weighted by Crippen LogP contribution is -2.43. The second-order valence-electron chi connectivity index (χ2n) is 7.90. The Bertz CT molecular complexity index is 1070. The molecule has 3 aromatic rings. The van der Waals surface area contributed by atoms with Gasteiger partial charge in [0.05, 0.1) is 23.4 Å². The Labute approximate surface area is 208 Å². The van der Waals surface area contributed by atoms with Gasteiger partial charge in [-0.2, -0.15) is 0 Å². The highest BCUT2D eigenvalue weighted by molar-refractivity contribution is 7.99. The molecular weight excluding hydrogens is 481 g/mol. The van der Waals surface area contributed by atoms with E-state index in [9.17, 15) is 9.18 Å². The third-order valence-corrected chi connectivity index (χ3v) is 7.80. The molecule has 0 aliphatic carbocycles. The van der Waals surface area contributed by atoms with Gasteiger partial charge >= 0.3 is 0 Å². The third-order valence-electron chi connectivity index (χ3n) is 5.75. The Kier molecular flexibility index (Phi) is 9.52. The number of carbonyl (C=O) groups excluding carboxylic acids is 1.